The summed E-state index contributed by atoms with van der Waals surface area (Å²) in [6.45, 7) is 0. The van der Waals surface area contributed by atoms with Gasteiger partial charge in [-0.15, -0.1) is 0 Å². The molecule has 0 amide bonds. The molecule has 0 bridgehead atoms. The molecular weight excluding hydrogens is 262 g/mol. The van der Waals surface area contributed by atoms with Crippen LogP contribution in [0.5, 0.6) is 5.75 Å². The number of nitro benzene ring substituents is 1. The monoisotopic (exact) mass is 271 g/mol. The Morgan fingerprint density at radius 1 is 1.47 bits per heavy atom. The molecule has 15 heavy (non-hydrogen) atoms. The third-order valence-electron chi connectivity index (χ3n) is 2.47. The van der Waals surface area contributed by atoms with E-state index in [9.17, 15) is 10.1 Å². The van der Waals surface area contributed by atoms with Crippen molar-refractivity contribution in [1.82, 2.24) is 0 Å². The number of hydrogen-bond donors (Lipinski definition) is 0. The van der Waals surface area contributed by atoms with Crippen LogP contribution in [0.4, 0.5) is 5.69 Å². The summed E-state index contributed by atoms with van der Waals surface area (Å²) in [7, 11) is 0. The SMILES string of the molecule is O=[N+]([O-])c1ccc(OC2CCC2)cc1Br. The predicted molar refractivity (Wildman–Crippen MR) is 59.1 cm³/mol. The molecule has 0 aliphatic heterocycles. The number of halogens is 1. The van der Waals surface area contributed by atoms with Crippen LogP contribution in [0, 0.1) is 10.1 Å². The second-order valence-electron chi connectivity index (χ2n) is 3.54. The van der Waals surface area contributed by atoms with Gasteiger partial charge in [-0.05, 0) is 41.3 Å². The Kier molecular flexibility index (Phi) is 2.90. The highest BCUT2D eigenvalue weighted by atomic mass is 79.9. The van der Waals surface area contributed by atoms with E-state index in [1.165, 1.54) is 12.5 Å². The van der Waals surface area contributed by atoms with Gasteiger partial charge in [-0.25, -0.2) is 0 Å². The van der Waals surface area contributed by atoms with Crippen molar-refractivity contribution in [3.05, 3.63) is 32.8 Å². The van der Waals surface area contributed by atoms with Gasteiger partial charge in [0, 0.05) is 12.1 Å². The molecule has 80 valence electrons. The van der Waals surface area contributed by atoms with Gasteiger partial charge in [0.1, 0.15) is 5.75 Å². The van der Waals surface area contributed by atoms with Crippen LogP contribution >= 0.6 is 15.9 Å². The molecule has 0 saturated heterocycles. The average Bonchev–Trinajstić information content (AvgIpc) is 2.11. The molecule has 4 nitrogen and oxygen atoms in total. The van der Waals surface area contributed by atoms with Gasteiger partial charge in [0.2, 0.25) is 0 Å². The zero-order valence-corrected chi connectivity index (χ0v) is 9.57. The zero-order chi connectivity index (χ0) is 10.8. The summed E-state index contributed by atoms with van der Waals surface area (Å²) >= 11 is 3.16. The third-order valence-corrected chi connectivity index (χ3v) is 3.11. The minimum Gasteiger partial charge on any atom is -0.490 e. The van der Waals surface area contributed by atoms with E-state index in [2.05, 4.69) is 15.9 Å². The Morgan fingerprint density at radius 3 is 2.67 bits per heavy atom. The van der Waals surface area contributed by atoms with Gasteiger partial charge < -0.3 is 4.74 Å². The molecular formula is C10H10BrNO3. The molecule has 0 heterocycles. The smallest absolute Gasteiger partial charge is 0.283 e. The lowest BCUT2D eigenvalue weighted by Gasteiger charge is -2.26. The van der Waals surface area contributed by atoms with Crippen LogP contribution in [0.2, 0.25) is 0 Å². The lowest BCUT2D eigenvalue weighted by atomic mass is 9.96. The summed E-state index contributed by atoms with van der Waals surface area (Å²) in [4.78, 5) is 10.1. The molecule has 0 radical (unpaired) electrons. The van der Waals surface area contributed by atoms with E-state index in [0.29, 0.717) is 16.3 Å². The number of nitrogens with zero attached hydrogens (tertiary/aromatic N) is 1. The molecule has 1 aliphatic rings. The van der Waals surface area contributed by atoms with Crippen molar-refractivity contribution in [1.29, 1.82) is 0 Å². The van der Waals surface area contributed by atoms with Gasteiger partial charge in [0.25, 0.3) is 5.69 Å². The van der Waals surface area contributed by atoms with Crippen LogP contribution in [0.25, 0.3) is 0 Å². The van der Waals surface area contributed by atoms with Crippen molar-refractivity contribution in [2.24, 2.45) is 0 Å². The van der Waals surface area contributed by atoms with Crippen LogP contribution in [0.1, 0.15) is 19.3 Å². The highest BCUT2D eigenvalue weighted by molar-refractivity contribution is 9.10. The van der Waals surface area contributed by atoms with Gasteiger partial charge in [0.05, 0.1) is 15.5 Å². The Morgan fingerprint density at radius 2 is 2.20 bits per heavy atom. The topological polar surface area (TPSA) is 52.4 Å². The quantitative estimate of drug-likeness (QED) is 0.626. The zero-order valence-electron chi connectivity index (χ0n) is 7.98. The first kappa shape index (κ1) is 10.4. The summed E-state index contributed by atoms with van der Waals surface area (Å²) in [6.07, 6.45) is 3.65. The number of benzene rings is 1. The van der Waals surface area contributed by atoms with E-state index in [1.807, 2.05) is 0 Å². The van der Waals surface area contributed by atoms with Gasteiger partial charge in [-0.2, -0.15) is 0 Å². The number of nitro groups is 1. The van der Waals surface area contributed by atoms with Crippen LogP contribution in [-0.2, 0) is 0 Å². The van der Waals surface area contributed by atoms with Crippen molar-refractivity contribution in [3.8, 4) is 5.75 Å². The molecule has 2 rings (SSSR count). The molecule has 1 aromatic rings. The van der Waals surface area contributed by atoms with Crippen LogP contribution in [0.3, 0.4) is 0 Å². The standard InChI is InChI=1S/C10H10BrNO3/c11-9-6-8(15-7-2-1-3-7)4-5-10(9)12(13)14/h4-7H,1-3H2. The Labute approximate surface area is 95.5 Å². The molecule has 1 fully saturated rings. The summed E-state index contributed by atoms with van der Waals surface area (Å²) in [5.41, 5.74) is 0.0657. The van der Waals surface area contributed by atoms with E-state index < -0.39 is 4.92 Å². The molecule has 1 saturated carbocycles. The lowest BCUT2D eigenvalue weighted by molar-refractivity contribution is -0.385. The van der Waals surface area contributed by atoms with Gasteiger partial charge in [-0.3, -0.25) is 10.1 Å². The van der Waals surface area contributed by atoms with E-state index in [4.69, 9.17) is 4.74 Å². The summed E-state index contributed by atoms with van der Waals surface area (Å²) in [5.74, 6) is 0.692. The average molecular weight is 272 g/mol. The van der Waals surface area contributed by atoms with Crippen molar-refractivity contribution in [2.75, 3.05) is 0 Å². The normalized spacial score (nSPS) is 15.8. The maximum atomic E-state index is 10.6. The first-order chi connectivity index (χ1) is 7.16. The highest BCUT2D eigenvalue weighted by Crippen LogP contribution is 2.31. The second kappa shape index (κ2) is 4.18. The molecule has 0 N–H and O–H groups in total. The molecule has 0 aromatic heterocycles. The number of ether oxygens (including phenoxy) is 1. The first-order valence-electron chi connectivity index (χ1n) is 4.77. The molecule has 0 spiro atoms. The van der Waals surface area contributed by atoms with Gasteiger partial charge in [0.15, 0.2) is 0 Å². The third kappa shape index (κ3) is 2.28. The molecule has 5 heteroatoms. The van der Waals surface area contributed by atoms with Gasteiger partial charge >= 0.3 is 0 Å². The lowest BCUT2D eigenvalue weighted by Crippen LogP contribution is -2.24. The summed E-state index contributed by atoms with van der Waals surface area (Å²) < 4.78 is 6.08. The summed E-state index contributed by atoms with van der Waals surface area (Å²) in [5, 5.41) is 10.6. The van der Waals surface area contributed by atoms with E-state index in [1.54, 1.807) is 12.1 Å². The van der Waals surface area contributed by atoms with Crippen molar-refractivity contribution < 1.29 is 9.66 Å². The van der Waals surface area contributed by atoms with Crippen LogP contribution in [-0.4, -0.2) is 11.0 Å². The fourth-order valence-corrected chi connectivity index (χ4v) is 1.89. The van der Waals surface area contributed by atoms with Crippen LogP contribution in [0.15, 0.2) is 22.7 Å². The van der Waals surface area contributed by atoms with E-state index in [0.717, 1.165) is 12.8 Å². The Bertz CT molecular complexity index is 390. The highest BCUT2D eigenvalue weighted by Gasteiger charge is 2.20. The number of rotatable bonds is 3. The Hall–Kier alpha value is -1.10. The fourth-order valence-electron chi connectivity index (χ4n) is 1.39. The number of hydrogen-bond acceptors (Lipinski definition) is 3. The van der Waals surface area contributed by atoms with Crippen molar-refractivity contribution >= 4 is 21.6 Å². The second-order valence-corrected chi connectivity index (χ2v) is 4.40. The van der Waals surface area contributed by atoms with E-state index >= 15 is 0 Å². The largest absolute Gasteiger partial charge is 0.490 e. The molecule has 0 atom stereocenters. The van der Waals surface area contributed by atoms with E-state index in [-0.39, 0.29) is 5.69 Å². The minimum absolute atomic E-state index is 0.0657. The van der Waals surface area contributed by atoms with Crippen LogP contribution < -0.4 is 4.74 Å². The maximum absolute atomic E-state index is 10.6. The fraction of sp³-hybridized carbons (Fsp3) is 0.400. The molecule has 1 aliphatic carbocycles. The maximum Gasteiger partial charge on any atom is 0.283 e. The minimum atomic E-state index is -0.419. The van der Waals surface area contributed by atoms with Crippen molar-refractivity contribution in [2.45, 2.75) is 25.4 Å². The first-order valence-corrected chi connectivity index (χ1v) is 5.57. The summed E-state index contributed by atoms with van der Waals surface area (Å²) in [6, 6.07) is 4.75. The molecule has 0 unspecified atom stereocenters. The molecule has 1 aromatic carbocycles. The predicted octanol–water partition coefficient (Wildman–Crippen LogP) is 3.29. The van der Waals surface area contributed by atoms with Crippen molar-refractivity contribution in [3.63, 3.8) is 0 Å². The Balaban J connectivity index is 2.13. The van der Waals surface area contributed by atoms with Gasteiger partial charge in [-0.1, -0.05) is 0 Å².